The fourth-order valence-corrected chi connectivity index (χ4v) is 3.02. The molecule has 118 valence electrons. The maximum atomic E-state index is 13.1. The van der Waals surface area contributed by atoms with E-state index in [2.05, 4.69) is 4.72 Å². The van der Waals surface area contributed by atoms with Crippen molar-refractivity contribution in [3.05, 3.63) is 24.0 Å². The van der Waals surface area contributed by atoms with Gasteiger partial charge in [0, 0.05) is 26.1 Å². The maximum Gasteiger partial charge on any atom is 0.242 e. The van der Waals surface area contributed by atoms with Crippen molar-refractivity contribution < 1.29 is 17.6 Å². The Hall–Kier alpha value is -1.67. The molecule has 1 amide bonds. The molecule has 21 heavy (non-hydrogen) atoms. The van der Waals surface area contributed by atoms with Crippen molar-refractivity contribution in [2.45, 2.75) is 25.2 Å². The fraction of sp³-hybridized carbons (Fsp3) is 0.462. The van der Waals surface area contributed by atoms with Gasteiger partial charge in [-0.2, -0.15) is 0 Å². The second-order valence-electron chi connectivity index (χ2n) is 4.40. The standard InChI is InChI=1S/C13H20FN3O3S/c1-3-17(4-2)13(18)7-8-16-21(19,20)12-9-10(14)5-6-11(12)15/h5-6,9,16H,3-4,7-8,15H2,1-2H3. The lowest BCUT2D eigenvalue weighted by Crippen LogP contribution is -2.34. The summed E-state index contributed by atoms with van der Waals surface area (Å²) >= 11 is 0. The molecule has 0 aliphatic heterocycles. The summed E-state index contributed by atoms with van der Waals surface area (Å²) in [7, 11) is -3.93. The predicted molar refractivity (Wildman–Crippen MR) is 78.5 cm³/mol. The Kier molecular flexibility index (Phi) is 6.10. The van der Waals surface area contributed by atoms with Crippen LogP contribution in [0.25, 0.3) is 0 Å². The topological polar surface area (TPSA) is 92.5 Å². The number of nitrogens with one attached hydrogen (secondary N) is 1. The lowest BCUT2D eigenvalue weighted by Gasteiger charge is -2.18. The molecule has 6 nitrogen and oxygen atoms in total. The number of halogens is 1. The molecule has 0 heterocycles. The molecule has 8 heteroatoms. The molecule has 0 saturated heterocycles. The Morgan fingerprint density at radius 2 is 1.95 bits per heavy atom. The smallest absolute Gasteiger partial charge is 0.242 e. The molecule has 0 spiro atoms. The molecule has 0 atom stereocenters. The summed E-state index contributed by atoms with van der Waals surface area (Å²) in [5, 5.41) is 0. The van der Waals surface area contributed by atoms with Crippen LogP contribution in [0.2, 0.25) is 0 Å². The zero-order valence-corrected chi connectivity index (χ0v) is 12.9. The largest absolute Gasteiger partial charge is 0.398 e. The van der Waals surface area contributed by atoms with Crippen molar-refractivity contribution in [2.75, 3.05) is 25.4 Å². The number of amides is 1. The van der Waals surface area contributed by atoms with Gasteiger partial charge in [0.25, 0.3) is 0 Å². The lowest BCUT2D eigenvalue weighted by atomic mass is 10.3. The van der Waals surface area contributed by atoms with Gasteiger partial charge in [0.1, 0.15) is 10.7 Å². The van der Waals surface area contributed by atoms with Crippen LogP contribution in [-0.4, -0.2) is 38.9 Å². The van der Waals surface area contributed by atoms with Crippen LogP contribution in [0.3, 0.4) is 0 Å². The van der Waals surface area contributed by atoms with Crippen molar-refractivity contribution in [3.63, 3.8) is 0 Å². The molecule has 1 rings (SSSR count). The molecule has 0 aliphatic rings. The van der Waals surface area contributed by atoms with Crippen molar-refractivity contribution in [3.8, 4) is 0 Å². The van der Waals surface area contributed by atoms with Gasteiger partial charge in [-0.3, -0.25) is 4.79 Å². The van der Waals surface area contributed by atoms with E-state index in [4.69, 9.17) is 5.73 Å². The predicted octanol–water partition coefficient (Wildman–Crippen LogP) is 0.945. The van der Waals surface area contributed by atoms with Crippen molar-refractivity contribution in [2.24, 2.45) is 0 Å². The van der Waals surface area contributed by atoms with Gasteiger partial charge in [0.15, 0.2) is 0 Å². The number of carbonyl (C=O) groups is 1. The summed E-state index contributed by atoms with van der Waals surface area (Å²) in [6, 6.07) is 3.12. The first kappa shape index (κ1) is 17.4. The zero-order chi connectivity index (χ0) is 16.0. The van der Waals surface area contributed by atoms with Crippen LogP contribution in [0, 0.1) is 5.82 Å². The van der Waals surface area contributed by atoms with Gasteiger partial charge in [0.05, 0.1) is 5.69 Å². The van der Waals surface area contributed by atoms with E-state index in [1.165, 1.54) is 6.07 Å². The number of sulfonamides is 1. The van der Waals surface area contributed by atoms with Crippen LogP contribution in [0.1, 0.15) is 20.3 Å². The Balaban J connectivity index is 2.70. The highest BCUT2D eigenvalue weighted by Crippen LogP contribution is 2.18. The average molecular weight is 317 g/mol. The van der Waals surface area contributed by atoms with Gasteiger partial charge < -0.3 is 10.6 Å². The van der Waals surface area contributed by atoms with E-state index in [1.807, 2.05) is 13.8 Å². The molecular formula is C13H20FN3O3S. The molecule has 0 unspecified atom stereocenters. The number of hydrogen-bond acceptors (Lipinski definition) is 4. The van der Waals surface area contributed by atoms with Crippen LogP contribution < -0.4 is 10.5 Å². The second-order valence-corrected chi connectivity index (χ2v) is 6.13. The van der Waals surface area contributed by atoms with Crippen LogP contribution in [0.5, 0.6) is 0 Å². The van der Waals surface area contributed by atoms with Crippen LogP contribution in [0.4, 0.5) is 10.1 Å². The molecule has 0 bridgehead atoms. The monoisotopic (exact) mass is 317 g/mol. The third-order valence-corrected chi connectivity index (χ3v) is 4.53. The Morgan fingerprint density at radius 3 is 2.52 bits per heavy atom. The summed E-state index contributed by atoms with van der Waals surface area (Å²) < 4.78 is 39.4. The molecule has 0 aliphatic carbocycles. The van der Waals surface area contributed by atoms with E-state index >= 15 is 0 Å². The Morgan fingerprint density at radius 1 is 1.33 bits per heavy atom. The van der Waals surface area contributed by atoms with E-state index in [1.54, 1.807) is 4.90 Å². The molecule has 0 radical (unpaired) electrons. The average Bonchev–Trinajstić information content (AvgIpc) is 2.42. The van der Waals surface area contributed by atoms with Crippen LogP contribution in [0.15, 0.2) is 23.1 Å². The van der Waals surface area contributed by atoms with E-state index in [9.17, 15) is 17.6 Å². The first-order valence-corrected chi connectivity index (χ1v) is 8.12. The van der Waals surface area contributed by atoms with Gasteiger partial charge in [0.2, 0.25) is 15.9 Å². The number of hydrogen-bond donors (Lipinski definition) is 2. The zero-order valence-electron chi connectivity index (χ0n) is 12.1. The molecule has 0 aromatic heterocycles. The molecule has 1 aromatic carbocycles. The highest BCUT2D eigenvalue weighted by atomic mass is 32.2. The first-order valence-electron chi connectivity index (χ1n) is 6.64. The number of nitrogens with zero attached hydrogens (tertiary/aromatic N) is 1. The van der Waals surface area contributed by atoms with Crippen molar-refractivity contribution in [1.29, 1.82) is 0 Å². The summed E-state index contributed by atoms with van der Waals surface area (Å²) in [5.41, 5.74) is 5.49. The third-order valence-electron chi connectivity index (χ3n) is 3.01. The van der Waals surface area contributed by atoms with Gasteiger partial charge >= 0.3 is 0 Å². The Bertz CT molecular complexity index is 601. The van der Waals surface area contributed by atoms with E-state index in [0.717, 1.165) is 12.1 Å². The molecule has 3 N–H and O–H groups in total. The second kappa shape index (κ2) is 7.37. The molecular weight excluding hydrogens is 297 g/mol. The number of anilines is 1. The molecule has 0 saturated carbocycles. The number of nitrogens with two attached hydrogens (primary N) is 1. The summed E-state index contributed by atoms with van der Waals surface area (Å²) in [6.07, 6.45) is 0.0378. The number of rotatable bonds is 7. The van der Waals surface area contributed by atoms with E-state index < -0.39 is 15.8 Å². The lowest BCUT2D eigenvalue weighted by molar-refractivity contribution is -0.130. The highest BCUT2D eigenvalue weighted by molar-refractivity contribution is 7.89. The van der Waals surface area contributed by atoms with E-state index in [-0.39, 0.29) is 29.5 Å². The summed E-state index contributed by atoms with van der Waals surface area (Å²) in [4.78, 5) is 13.0. The number of carbonyl (C=O) groups excluding carboxylic acids is 1. The third kappa shape index (κ3) is 4.68. The van der Waals surface area contributed by atoms with Crippen LogP contribution in [-0.2, 0) is 14.8 Å². The minimum atomic E-state index is -3.93. The van der Waals surface area contributed by atoms with Gasteiger partial charge in [-0.05, 0) is 32.0 Å². The van der Waals surface area contributed by atoms with E-state index in [0.29, 0.717) is 13.1 Å². The van der Waals surface area contributed by atoms with Gasteiger partial charge in [-0.1, -0.05) is 0 Å². The van der Waals surface area contributed by atoms with Crippen LogP contribution >= 0.6 is 0 Å². The van der Waals surface area contributed by atoms with Gasteiger partial charge in [-0.25, -0.2) is 17.5 Å². The number of nitrogen functional groups attached to an aromatic ring is 1. The normalized spacial score (nSPS) is 11.4. The summed E-state index contributed by atoms with van der Waals surface area (Å²) in [6.45, 7) is 4.77. The summed E-state index contributed by atoms with van der Waals surface area (Å²) in [5.74, 6) is -0.835. The molecule has 0 fully saturated rings. The Labute approximate surface area is 124 Å². The minimum Gasteiger partial charge on any atom is -0.398 e. The SMILES string of the molecule is CCN(CC)C(=O)CCNS(=O)(=O)c1cc(F)ccc1N. The number of benzene rings is 1. The maximum absolute atomic E-state index is 13.1. The first-order chi connectivity index (χ1) is 9.81. The minimum absolute atomic E-state index is 0.0378. The highest BCUT2D eigenvalue weighted by Gasteiger charge is 2.19. The quantitative estimate of drug-likeness (QED) is 0.732. The molecule has 1 aromatic rings. The van der Waals surface area contributed by atoms with Gasteiger partial charge in [-0.15, -0.1) is 0 Å². The van der Waals surface area contributed by atoms with Crippen molar-refractivity contribution in [1.82, 2.24) is 9.62 Å². The van der Waals surface area contributed by atoms with Crippen molar-refractivity contribution >= 4 is 21.6 Å². The fourth-order valence-electron chi connectivity index (χ4n) is 1.85.